The molecule has 0 radical (unpaired) electrons. The first-order valence-electron chi connectivity index (χ1n) is 10.4. The van der Waals surface area contributed by atoms with E-state index in [4.69, 9.17) is 9.15 Å². The molecule has 1 aromatic carbocycles. The van der Waals surface area contributed by atoms with E-state index in [1.165, 1.54) is 6.26 Å². The van der Waals surface area contributed by atoms with Crippen LogP contribution in [0.25, 0.3) is 11.0 Å². The minimum absolute atomic E-state index is 0.0862. The van der Waals surface area contributed by atoms with Gasteiger partial charge in [-0.3, -0.25) is 9.59 Å². The molecule has 0 saturated carbocycles. The number of hydrogen-bond acceptors (Lipinski definition) is 6. The highest BCUT2D eigenvalue weighted by atomic mass is 32.2. The predicted molar refractivity (Wildman–Crippen MR) is 121 cm³/mol. The molecule has 0 bridgehead atoms. The second-order valence-electron chi connectivity index (χ2n) is 8.98. The number of ketones is 1. The summed E-state index contributed by atoms with van der Waals surface area (Å²) in [4.78, 5) is 25.1. The molecule has 172 valence electrons. The number of hydrogen-bond donors (Lipinski definition) is 1. The van der Waals surface area contributed by atoms with E-state index in [1.54, 1.807) is 26.2 Å². The Morgan fingerprint density at radius 2 is 1.90 bits per heavy atom. The fraction of sp³-hybridized carbons (Fsp3) is 0.565. The van der Waals surface area contributed by atoms with Gasteiger partial charge in [0, 0.05) is 35.6 Å². The van der Waals surface area contributed by atoms with Gasteiger partial charge in [0.25, 0.3) is 0 Å². The number of sulfone groups is 1. The number of benzene rings is 1. The van der Waals surface area contributed by atoms with Crippen LogP contribution in [0.1, 0.15) is 63.1 Å². The quantitative estimate of drug-likeness (QED) is 0.549. The highest BCUT2D eigenvalue weighted by molar-refractivity contribution is 7.91. The molecule has 0 saturated heterocycles. The molecule has 0 aliphatic rings. The van der Waals surface area contributed by atoms with Crippen molar-refractivity contribution >= 4 is 32.5 Å². The van der Waals surface area contributed by atoms with E-state index in [-0.39, 0.29) is 18.1 Å². The van der Waals surface area contributed by atoms with Crippen molar-refractivity contribution in [2.24, 2.45) is 5.41 Å². The van der Waals surface area contributed by atoms with Crippen LogP contribution in [0.5, 0.6) is 5.75 Å². The summed E-state index contributed by atoms with van der Waals surface area (Å²) in [6, 6.07) is 5.42. The van der Waals surface area contributed by atoms with Gasteiger partial charge in [0.15, 0.2) is 5.76 Å². The van der Waals surface area contributed by atoms with E-state index >= 15 is 0 Å². The third-order valence-corrected chi connectivity index (χ3v) is 7.02. The van der Waals surface area contributed by atoms with Crippen molar-refractivity contribution in [1.82, 2.24) is 5.32 Å². The molecule has 1 heterocycles. The molecule has 0 spiro atoms. The predicted octanol–water partition coefficient (Wildman–Crippen LogP) is 3.93. The van der Waals surface area contributed by atoms with Gasteiger partial charge in [-0.2, -0.15) is 0 Å². The number of Topliss-reactive ketones (excluding diaryl/α,β-unsaturated/α-hetero) is 1. The fourth-order valence-electron chi connectivity index (χ4n) is 3.17. The first-order valence-corrected chi connectivity index (χ1v) is 12.4. The molecule has 1 N–H and O–H groups in total. The molecule has 1 amide bonds. The number of furan rings is 1. The van der Waals surface area contributed by atoms with Crippen molar-refractivity contribution in [1.29, 1.82) is 0 Å². The topological polar surface area (TPSA) is 103 Å². The molecule has 0 fully saturated rings. The standard InChI is InChI=1S/C23H33NO6S/c1-15(31(6,27)28)12-13-24-20(25)9-7-8-17-18-14-16(29-5)10-11-19(18)30-21(17)22(26)23(2,3)4/h10-11,14-15H,7-9,12-13H2,1-6H3,(H,24,25). The van der Waals surface area contributed by atoms with E-state index in [0.717, 1.165) is 10.9 Å². The molecule has 1 atom stereocenters. The first kappa shape index (κ1) is 24.9. The average molecular weight is 452 g/mol. The summed E-state index contributed by atoms with van der Waals surface area (Å²) in [6.07, 6.45) is 2.88. The van der Waals surface area contributed by atoms with Crippen LogP contribution in [-0.4, -0.2) is 45.3 Å². The van der Waals surface area contributed by atoms with Gasteiger partial charge in [0.2, 0.25) is 11.7 Å². The monoisotopic (exact) mass is 451 g/mol. The summed E-state index contributed by atoms with van der Waals surface area (Å²) in [5, 5.41) is 3.09. The van der Waals surface area contributed by atoms with E-state index in [2.05, 4.69) is 5.32 Å². The van der Waals surface area contributed by atoms with Gasteiger partial charge in [-0.25, -0.2) is 8.42 Å². The molecule has 0 aliphatic heterocycles. The fourth-order valence-corrected chi connectivity index (χ4v) is 3.72. The Morgan fingerprint density at radius 3 is 2.48 bits per heavy atom. The zero-order valence-corrected chi connectivity index (χ0v) is 20.0. The lowest BCUT2D eigenvalue weighted by Crippen LogP contribution is -2.28. The normalized spacial score (nSPS) is 13.2. The Labute approximate surface area is 184 Å². The van der Waals surface area contributed by atoms with Gasteiger partial charge in [0.1, 0.15) is 21.2 Å². The highest BCUT2D eigenvalue weighted by Crippen LogP contribution is 2.34. The summed E-state index contributed by atoms with van der Waals surface area (Å²) in [7, 11) is -1.52. The van der Waals surface area contributed by atoms with Gasteiger partial charge in [-0.15, -0.1) is 0 Å². The van der Waals surface area contributed by atoms with Crippen molar-refractivity contribution in [2.45, 2.75) is 58.6 Å². The maximum atomic E-state index is 12.9. The molecule has 1 unspecified atom stereocenters. The van der Waals surface area contributed by atoms with E-state index < -0.39 is 20.5 Å². The van der Waals surface area contributed by atoms with Crippen LogP contribution in [0.15, 0.2) is 22.6 Å². The summed E-state index contributed by atoms with van der Waals surface area (Å²) in [5.74, 6) is 0.770. The molecular formula is C23H33NO6S. The molecule has 2 rings (SSSR count). The van der Waals surface area contributed by atoms with Crippen LogP contribution >= 0.6 is 0 Å². The molecule has 0 aliphatic carbocycles. The van der Waals surface area contributed by atoms with Crippen molar-refractivity contribution in [3.63, 3.8) is 0 Å². The maximum Gasteiger partial charge on any atom is 0.220 e. The lowest BCUT2D eigenvalue weighted by molar-refractivity contribution is -0.121. The largest absolute Gasteiger partial charge is 0.497 e. The summed E-state index contributed by atoms with van der Waals surface area (Å²) >= 11 is 0. The van der Waals surface area contributed by atoms with Gasteiger partial charge < -0.3 is 14.5 Å². The van der Waals surface area contributed by atoms with Crippen LogP contribution in [0.2, 0.25) is 0 Å². The van der Waals surface area contributed by atoms with E-state index in [9.17, 15) is 18.0 Å². The molecule has 8 heteroatoms. The average Bonchev–Trinajstić information content (AvgIpc) is 3.03. The van der Waals surface area contributed by atoms with E-state index in [0.29, 0.717) is 42.9 Å². The molecule has 2 aromatic rings. The van der Waals surface area contributed by atoms with Gasteiger partial charge >= 0.3 is 0 Å². The van der Waals surface area contributed by atoms with Crippen molar-refractivity contribution in [3.8, 4) is 5.75 Å². The Hall–Kier alpha value is -2.35. The Kier molecular flexibility index (Phi) is 7.92. The number of fused-ring (bicyclic) bond motifs is 1. The first-order chi connectivity index (χ1) is 14.3. The van der Waals surface area contributed by atoms with Crippen LogP contribution in [0.3, 0.4) is 0 Å². The van der Waals surface area contributed by atoms with Crippen LogP contribution < -0.4 is 10.1 Å². The molecule has 31 heavy (non-hydrogen) atoms. The molecule has 1 aromatic heterocycles. The minimum atomic E-state index is -3.10. The zero-order valence-electron chi connectivity index (χ0n) is 19.2. The van der Waals surface area contributed by atoms with Crippen molar-refractivity contribution in [2.75, 3.05) is 19.9 Å². The van der Waals surface area contributed by atoms with Crippen LogP contribution in [0.4, 0.5) is 0 Å². The minimum Gasteiger partial charge on any atom is -0.497 e. The number of carbonyl (C=O) groups is 2. The zero-order chi connectivity index (χ0) is 23.4. The highest BCUT2D eigenvalue weighted by Gasteiger charge is 2.30. The Balaban J connectivity index is 2.09. The summed E-state index contributed by atoms with van der Waals surface area (Å²) in [6.45, 7) is 7.48. The second kappa shape index (κ2) is 9.85. The third kappa shape index (κ3) is 6.56. The number of methoxy groups -OCH3 is 1. The van der Waals surface area contributed by atoms with Gasteiger partial charge in [0.05, 0.1) is 12.4 Å². The van der Waals surface area contributed by atoms with Gasteiger partial charge in [-0.1, -0.05) is 20.8 Å². The maximum absolute atomic E-state index is 12.9. The smallest absolute Gasteiger partial charge is 0.220 e. The number of aryl methyl sites for hydroxylation is 1. The second-order valence-corrected chi connectivity index (χ2v) is 11.4. The van der Waals surface area contributed by atoms with Crippen LogP contribution in [-0.2, 0) is 21.1 Å². The number of amides is 1. The lowest BCUT2D eigenvalue weighted by Gasteiger charge is -2.15. The van der Waals surface area contributed by atoms with Crippen LogP contribution in [0, 0.1) is 5.41 Å². The number of rotatable bonds is 10. The number of nitrogens with one attached hydrogen (secondary N) is 1. The van der Waals surface area contributed by atoms with Crippen molar-refractivity contribution in [3.05, 3.63) is 29.5 Å². The lowest BCUT2D eigenvalue weighted by atomic mass is 9.87. The molecule has 7 nitrogen and oxygen atoms in total. The third-order valence-electron chi connectivity index (χ3n) is 5.32. The summed E-state index contributed by atoms with van der Waals surface area (Å²) < 4.78 is 34.1. The molecular weight excluding hydrogens is 418 g/mol. The SMILES string of the molecule is COc1ccc2oc(C(=O)C(C)(C)C)c(CCCC(=O)NCCC(C)S(C)(=O)=O)c2c1. The van der Waals surface area contributed by atoms with E-state index in [1.807, 2.05) is 26.8 Å². The Morgan fingerprint density at radius 1 is 1.23 bits per heavy atom. The number of ether oxygens (including phenoxy) is 1. The van der Waals surface area contributed by atoms with Crippen molar-refractivity contribution < 1.29 is 27.2 Å². The van der Waals surface area contributed by atoms with Gasteiger partial charge in [-0.05, 0) is 44.4 Å². The summed E-state index contributed by atoms with van der Waals surface area (Å²) in [5.41, 5.74) is 0.801. The Bertz CT molecular complexity index is 1050. The number of carbonyl (C=O) groups excluding carboxylic acids is 2.